The van der Waals surface area contributed by atoms with Crippen molar-refractivity contribution in [3.05, 3.63) is 70.4 Å². The van der Waals surface area contributed by atoms with Crippen molar-refractivity contribution in [2.45, 2.75) is 11.4 Å². The van der Waals surface area contributed by atoms with E-state index in [4.69, 9.17) is 5.14 Å². The maximum absolute atomic E-state index is 12.5. The normalized spacial score (nSPS) is 14.4. The second-order valence-electron chi connectivity index (χ2n) is 6.18. The van der Waals surface area contributed by atoms with Gasteiger partial charge in [0.1, 0.15) is 5.00 Å². The number of hydrogen-bond acceptors (Lipinski definition) is 5. The highest BCUT2D eigenvalue weighted by Gasteiger charge is 2.20. The third-order valence-electron chi connectivity index (χ3n) is 4.21. The number of carbonyl (C=O) groups excluding carboxylic acids is 1. The maximum Gasteiger partial charge on any atom is 0.261 e. The molecule has 0 unspecified atom stereocenters. The lowest BCUT2D eigenvalue weighted by Gasteiger charge is -2.05. The third kappa shape index (κ3) is 3.81. The summed E-state index contributed by atoms with van der Waals surface area (Å²) in [4.78, 5) is 20.6. The molecule has 9 heteroatoms. The average Bonchev–Trinajstić information content (AvgIpc) is 3.38. The summed E-state index contributed by atoms with van der Waals surface area (Å²) in [6, 6.07) is 11.8. The standard InChI is InChI=1S/C19H16N4O3S2/c20-28(25,26)15-5-3-12(4-6-15)10-22-18(24)17-9-16-13(11-23-19(16)27-17)8-14-2-1-7-21-14/h1-9,11,21H,10H2,(H,22,24)(H2,20,25,26). The summed E-state index contributed by atoms with van der Waals surface area (Å²) in [6.45, 7) is 0.279. The summed E-state index contributed by atoms with van der Waals surface area (Å²) < 4.78 is 22.6. The smallest absolute Gasteiger partial charge is 0.261 e. The molecule has 4 rings (SSSR count). The number of aromatic nitrogens is 1. The van der Waals surface area contributed by atoms with Crippen LogP contribution in [0.5, 0.6) is 0 Å². The van der Waals surface area contributed by atoms with Gasteiger partial charge in [-0.3, -0.25) is 4.79 Å². The first kappa shape index (κ1) is 18.4. The molecule has 0 aliphatic carbocycles. The average molecular weight is 412 g/mol. The van der Waals surface area contributed by atoms with Crippen molar-refractivity contribution in [1.29, 1.82) is 0 Å². The van der Waals surface area contributed by atoms with Crippen molar-refractivity contribution >= 4 is 50.1 Å². The highest BCUT2D eigenvalue weighted by molar-refractivity contribution is 7.89. The van der Waals surface area contributed by atoms with Gasteiger partial charge in [0.05, 0.1) is 9.77 Å². The fraction of sp³-hybridized carbons (Fsp3) is 0.0526. The molecule has 3 aromatic rings. The number of primary sulfonamides is 1. The van der Waals surface area contributed by atoms with Crippen LogP contribution in [0.25, 0.3) is 11.6 Å². The van der Waals surface area contributed by atoms with Gasteiger partial charge in [-0.05, 0) is 42.0 Å². The number of aliphatic imine (C=N–C) groups is 1. The second kappa shape index (κ2) is 7.19. The molecular weight excluding hydrogens is 396 g/mol. The van der Waals surface area contributed by atoms with E-state index in [-0.39, 0.29) is 17.3 Å². The van der Waals surface area contributed by atoms with Gasteiger partial charge < -0.3 is 10.3 Å². The van der Waals surface area contributed by atoms with Crippen LogP contribution in [-0.4, -0.2) is 25.5 Å². The van der Waals surface area contributed by atoms with E-state index < -0.39 is 10.0 Å². The molecular formula is C19H16N4O3S2. The van der Waals surface area contributed by atoms with E-state index in [1.54, 1.807) is 18.3 Å². The number of nitrogens with one attached hydrogen (secondary N) is 2. The zero-order valence-electron chi connectivity index (χ0n) is 14.5. The van der Waals surface area contributed by atoms with Crippen LogP contribution >= 0.6 is 11.3 Å². The van der Waals surface area contributed by atoms with Crippen molar-refractivity contribution < 1.29 is 13.2 Å². The van der Waals surface area contributed by atoms with Crippen LogP contribution in [0.3, 0.4) is 0 Å². The summed E-state index contributed by atoms with van der Waals surface area (Å²) in [6.07, 6.45) is 5.62. The summed E-state index contributed by atoms with van der Waals surface area (Å²) in [5, 5.41) is 8.72. The first-order valence-electron chi connectivity index (χ1n) is 8.33. The number of aromatic amines is 1. The number of carbonyl (C=O) groups is 1. The van der Waals surface area contributed by atoms with Crippen molar-refractivity contribution in [3.63, 3.8) is 0 Å². The molecule has 142 valence electrons. The Balaban J connectivity index is 1.45. The molecule has 28 heavy (non-hydrogen) atoms. The van der Waals surface area contributed by atoms with E-state index in [0.29, 0.717) is 4.88 Å². The Bertz CT molecular complexity index is 1190. The largest absolute Gasteiger partial charge is 0.362 e. The molecule has 0 saturated carbocycles. The SMILES string of the molecule is NS(=O)(=O)c1ccc(CNC(=O)c2cc3c(s2)N=CC3=Cc2ccc[nH]2)cc1. The maximum atomic E-state index is 12.5. The van der Waals surface area contributed by atoms with Gasteiger partial charge in [0, 0.05) is 35.8 Å². The number of nitrogens with zero attached hydrogens (tertiary/aromatic N) is 1. The number of benzene rings is 1. The van der Waals surface area contributed by atoms with Gasteiger partial charge in [0.15, 0.2) is 0 Å². The number of thiophene rings is 1. The number of amides is 1. The molecule has 4 N–H and O–H groups in total. The molecule has 0 atom stereocenters. The van der Waals surface area contributed by atoms with Gasteiger partial charge in [0.2, 0.25) is 10.0 Å². The summed E-state index contributed by atoms with van der Waals surface area (Å²) >= 11 is 1.33. The number of allylic oxidation sites excluding steroid dienone is 1. The van der Waals surface area contributed by atoms with E-state index in [1.165, 1.54) is 23.5 Å². The molecule has 1 aromatic carbocycles. The van der Waals surface area contributed by atoms with Crippen LogP contribution in [0.4, 0.5) is 5.00 Å². The van der Waals surface area contributed by atoms with Crippen LogP contribution in [0.1, 0.15) is 26.5 Å². The number of H-pyrrole nitrogens is 1. The predicted molar refractivity (Wildman–Crippen MR) is 110 cm³/mol. The van der Waals surface area contributed by atoms with Crippen LogP contribution in [0.15, 0.2) is 58.5 Å². The Morgan fingerprint density at radius 2 is 2.04 bits per heavy atom. The third-order valence-corrected chi connectivity index (χ3v) is 6.18. The summed E-state index contributed by atoms with van der Waals surface area (Å²) in [5.41, 5.74) is 3.62. The van der Waals surface area contributed by atoms with Gasteiger partial charge in [-0.1, -0.05) is 12.1 Å². The molecule has 1 aliphatic rings. The van der Waals surface area contributed by atoms with E-state index in [0.717, 1.165) is 27.4 Å². The van der Waals surface area contributed by atoms with Gasteiger partial charge in [-0.15, -0.1) is 11.3 Å². The lowest BCUT2D eigenvalue weighted by molar-refractivity contribution is 0.0955. The lowest BCUT2D eigenvalue weighted by atomic mass is 10.1. The van der Waals surface area contributed by atoms with Crippen LogP contribution < -0.4 is 10.5 Å². The van der Waals surface area contributed by atoms with Gasteiger partial charge >= 0.3 is 0 Å². The van der Waals surface area contributed by atoms with Crippen molar-refractivity contribution in [3.8, 4) is 0 Å². The van der Waals surface area contributed by atoms with Gasteiger partial charge in [-0.2, -0.15) is 0 Å². The Hall–Kier alpha value is -3.01. The topological polar surface area (TPSA) is 117 Å². The lowest BCUT2D eigenvalue weighted by Crippen LogP contribution is -2.21. The molecule has 7 nitrogen and oxygen atoms in total. The van der Waals surface area contributed by atoms with Crippen LogP contribution in [-0.2, 0) is 16.6 Å². The highest BCUT2D eigenvalue weighted by Crippen LogP contribution is 2.39. The second-order valence-corrected chi connectivity index (χ2v) is 8.78. The van der Waals surface area contributed by atoms with Crippen LogP contribution in [0, 0.1) is 0 Å². The Labute approximate surface area is 165 Å². The van der Waals surface area contributed by atoms with Crippen molar-refractivity contribution in [1.82, 2.24) is 10.3 Å². The van der Waals surface area contributed by atoms with Gasteiger partial charge in [0.25, 0.3) is 5.91 Å². The molecule has 0 fully saturated rings. The number of fused-ring (bicyclic) bond motifs is 1. The van der Waals surface area contributed by atoms with E-state index in [2.05, 4.69) is 15.3 Å². The number of hydrogen-bond donors (Lipinski definition) is 3. The first-order valence-corrected chi connectivity index (χ1v) is 10.7. The molecule has 0 saturated heterocycles. The minimum absolute atomic E-state index is 0.0384. The molecule has 0 radical (unpaired) electrons. The molecule has 2 aromatic heterocycles. The Morgan fingerprint density at radius 3 is 2.71 bits per heavy atom. The molecule has 1 aliphatic heterocycles. The van der Waals surface area contributed by atoms with Crippen molar-refractivity contribution in [2.75, 3.05) is 0 Å². The molecule has 0 spiro atoms. The summed E-state index contributed by atoms with van der Waals surface area (Å²) in [7, 11) is -3.72. The van der Waals surface area contributed by atoms with E-state index >= 15 is 0 Å². The molecule has 3 heterocycles. The summed E-state index contributed by atoms with van der Waals surface area (Å²) in [5.74, 6) is -0.204. The monoisotopic (exact) mass is 412 g/mol. The zero-order valence-corrected chi connectivity index (χ0v) is 16.2. The number of nitrogens with two attached hydrogens (primary N) is 1. The minimum Gasteiger partial charge on any atom is -0.362 e. The minimum atomic E-state index is -3.72. The first-order chi connectivity index (χ1) is 13.4. The van der Waals surface area contributed by atoms with Crippen molar-refractivity contribution in [2.24, 2.45) is 10.1 Å². The fourth-order valence-corrected chi connectivity index (χ4v) is 4.23. The predicted octanol–water partition coefficient (Wildman–Crippen LogP) is 2.91. The molecule has 0 bridgehead atoms. The Morgan fingerprint density at radius 1 is 1.25 bits per heavy atom. The van der Waals surface area contributed by atoms with Gasteiger partial charge in [-0.25, -0.2) is 18.5 Å². The van der Waals surface area contributed by atoms with E-state index in [9.17, 15) is 13.2 Å². The number of rotatable bonds is 5. The fourth-order valence-electron chi connectivity index (χ4n) is 2.78. The van der Waals surface area contributed by atoms with E-state index in [1.807, 2.05) is 30.5 Å². The quantitative estimate of drug-likeness (QED) is 0.598. The Kier molecular flexibility index (Phi) is 4.71. The molecule has 1 amide bonds. The highest BCUT2D eigenvalue weighted by atomic mass is 32.2. The zero-order chi connectivity index (χ0) is 19.7. The number of sulfonamides is 1. The van der Waals surface area contributed by atoms with Crippen LogP contribution in [0.2, 0.25) is 0 Å².